The van der Waals surface area contributed by atoms with Gasteiger partial charge in [-0.15, -0.1) is 10.2 Å². The Balaban J connectivity index is 1.63. The number of aromatic nitrogens is 3. The summed E-state index contributed by atoms with van der Waals surface area (Å²) >= 11 is 1.60. The van der Waals surface area contributed by atoms with E-state index in [2.05, 4.69) is 52.1 Å². The van der Waals surface area contributed by atoms with Crippen LogP contribution >= 0.6 is 11.8 Å². The Morgan fingerprint density at radius 1 is 1.03 bits per heavy atom. The summed E-state index contributed by atoms with van der Waals surface area (Å²) in [6.45, 7) is 5.59. The van der Waals surface area contributed by atoms with Crippen molar-refractivity contribution in [1.29, 1.82) is 0 Å². The van der Waals surface area contributed by atoms with E-state index in [1.807, 2.05) is 31.3 Å². The molecule has 8 heteroatoms. The molecule has 7 nitrogen and oxygen atoms in total. The third-order valence-electron chi connectivity index (χ3n) is 5.93. The molecule has 0 aliphatic carbocycles. The number of unbranched alkanes of at least 4 members (excludes halogenated alkanes) is 4. The SMILES string of the molecule is CCCCCCCc1nnc(Sc2ccc(CNc3ccc(CC(=O)O)cc3)c(OCCC)c2)n1C. The van der Waals surface area contributed by atoms with Gasteiger partial charge in [0.2, 0.25) is 0 Å². The van der Waals surface area contributed by atoms with Gasteiger partial charge in [-0.2, -0.15) is 0 Å². The third kappa shape index (κ3) is 8.59. The maximum Gasteiger partial charge on any atom is 0.307 e. The van der Waals surface area contributed by atoms with Crippen molar-refractivity contribution in [2.45, 2.75) is 81.8 Å². The minimum absolute atomic E-state index is 0.0282. The molecular weight excluding hydrogens is 472 g/mol. The normalized spacial score (nSPS) is 11.0. The first-order valence-electron chi connectivity index (χ1n) is 12.9. The van der Waals surface area contributed by atoms with Gasteiger partial charge in [0.25, 0.3) is 0 Å². The smallest absolute Gasteiger partial charge is 0.307 e. The zero-order chi connectivity index (χ0) is 25.8. The number of anilines is 1. The number of aryl methyl sites for hydroxylation is 1. The summed E-state index contributed by atoms with van der Waals surface area (Å²) in [5.74, 6) is 1.06. The average Bonchev–Trinajstić information content (AvgIpc) is 3.21. The van der Waals surface area contributed by atoms with Crippen LogP contribution in [-0.2, 0) is 31.2 Å². The average molecular weight is 511 g/mol. The number of hydrogen-bond acceptors (Lipinski definition) is 6. The number of carboxylic acids is 1. The first-order chi connectivity index (χ1) is 17.5. The topological polar surface area (TPSA) is 89.3 Å². The Morgan fingerprint density at radius 2 is 1.81 bits per heavy atom. The molecule has 1 heterocycles. The van der Waals surface area contributed by atoms with Gasteiger partial charge in [0.15, 0.2) is 5.16 Å². The molecular formula is C28H38N4O3S. The van der Waals surface area contributed by atoms with Gasteiger partial charge in [-0.1, -0.05) is 57.7 Å². The van der Waals surface area contributed by atoms with Crippen molar-refractivity contribution in [2.24, 2.45) is 7.05 Å². The molecule has 0 spiro atoms. The fraction of sp³-hybridized carbons (Fsp3) is 0.464. The van der Waals surface area contributed by atoms with Crippen molar-refractivity contribution in [3.8, 4) is 5.75 Å². The monoisotopic (exact) mass is 510 g/mol. The lowest BCUT2D eigenvalue weighted by atomic mass is 10.1. The molecule has 0 atom stereocenters. The van der Waals surface area contributed by atoms with Crippen molar-refractivity contribution in [1.82, 2.24) is 14.8 Å². The Kier molecular flexibility index (Phi) is 11.1. The quantitative estimate of drug-likeness (QED) is 0.212. The third-order valence-corrected chi connectivity index (χ3v) is 6.96. The van der Waals surface area contributed by atoms with Crippen molar-refractivity contribution < 1.29 is 14.6 Å². The van der Waals surface area contributed by atoms with Crippen LogP contribution in [0.2, 0.25) is 0 Å². The van der Waals surface area contributed by atoms with Crippen LogP contribution < -0.4 is 10.1 Å². The molecule has 0 aliphatic heterocycles. The number of benzene rings is 2. The molecule has 36 heavy (non-hydrogen) atoms. The van der Waals surface area contributed by atoms with Gasteiger partial charge in [-0.3, -0.25) is 4.79 Å². The summed E-state index contributed by atoms with van der Waals surface area (Å²) < 4.78 is 8.17. The summed E-state index contributed by atoms with van der Waals surface area (Å²) in [7, 11) is 2.04. The van der Waals surface area contributed by atoms with Crippen LogP contribution in [0.3, 0.4) is 0 Å². The highest BCUT2D eigenvalue weighted by molar-refractivity contribution is 7.99. The molecule has 0 unspecified atom stereocenters. The van der Waals surface area contributed by atoms with Crippen LogP contribution in [0.1, 0.15) is 69.3 Å². The van der Waals surface area contributed by atoms with E-state index >= 15 is 0 Å². The molecule has 0 fully saturated rings. The molecule has 2 aromatic carbocycles. The Hall–Kier alpha value is -3.00. The Bertz CT molecular complexity index is 1100. The lowest BCUT2D eigenvalue weighted by Gasteiger charge is -2.14. The zero-order valence-corrected chi connectivity index (χ0v) is 22.4. The van der Waals surface area contributed by atoms with E-state index in [0.717, 1.165) is 57.7 Å². The number of rotatable bonds is 16. The first-order valence-corrected chi connectivity index (χ1v) is 13.7. The van der Waals surface area contributed by atoms with Gasteiger partial charge in [0, 0.05) is 36.2 Å². The van der Waals surface area contributed by atoms with E-state index in [4.69, 9.17) is 9.84 Å². The summed E-state index contributed by atoms with van der Waals surface area (Å²) in [5, 5.41) is 22.1. The zero-order valence-electron chi connectivity index (χ0n) is 21.6. The second-order valence-corrected chi connectivity index (χ2v) is 10.0. The number of nitrogens with zero attached hydrogens (tertiary/aromatic N) is 3. The predicted octanol–water partition coefficient (Wildman–Crippen LogP) is 6.51. The molecule has 0 radical (unpaired) electrons. The van der Waals surface area contributed by atoms with Crippen molar-refractivity contribution in [2.75, 3.05) is 11.9 Å². The van der Waals surface area contributed by atoms with E-state index in [1.54, 1.807) is 11.8 Å². The second kappa shape index (κ2) is 14.5. The van der Waals surface area contributed by atoms with E-state index in [1.165, 1.54) is 25.7 Å². The minimum Gasteiger partial charge on any atom is -0.493 e. The van der Waals surface area contributed by atoms with E-state index in [-0.39, 0.29) is 6.42 Å². The highest BCUT2D eigenvalue weighted by atomic mass is 32.2. The van der Waals surface area contributed by atoms with Gasteiger partial charge in [-0.25, -0.2) is 0 Å². The molecule has 0 saturated carbocycles. The van der Waals surface area contributed by atoms with Crippen molar-refractivity contribution in [3.05, 3.63) is 59.4 Å². The molecule has 1 aromatic heterocycles. The largest absolute Gasteiger partial charge is 0.493 e. The molecule has 194 valence electrons. The van der Waals surface area contributed by atoms with Gasteiger partial charge >= 0.3 is 5.97 Å². The van der Waals surface area contributed by atoms with Crippen LogP contribution in [0, 0.1) is 0 Å². The van der Waals surface area contributed by atoms with Gasteiger partial charge in [0.05, 0.1) is 13.0 Å². The number of carboxylic acid groups (broad SMARTS) is 1. The van der Waals surface area contributed by atoms with Gasteiger partial charge < -0.3 is 19.7 Å². The van der Waals surface area contributed by atoms with Crippen LogP contribution in [0.15, 0.2) is 52.5 Å². The fourth-order valence-corrected chi connectivity index (χ4v) is 4.68. The van der Waals surface area contributed by atoms with Crippen LogP contribution in [0.5, 0.6) is 5.75 Å². The van der Waals surface area contributed by atoms with Crippen LogP contribution in [0.4, 0.5) is 5.69 Å². The number of carbonyl (C=O) groups is 1. The molecule has 3 rings (SSSR count). The number of nitrogens with one attached hydrogen (secondary N) is 1. The Labute approximate surface area is 218 Å². The molecule has 0 saturated heterocycles. The maximum atomic E-state index is 10.9. The Morgan fingerprint density at radius 3 is 2.53 bits per heavy atom. The van der Waals surface area contributed by atoms with E-state index in [9.17, 15) is 4.79 Å². The number of hydrogen-bond donors (Lipinski definition) is 2. The van der Waals surface area contributed by atoms with E-state index in [0.29, 0.717) is 13.2 Å². The summed E-state index contributed by atoms with van der Waals surface area (Å²) in [4.78, 5) is 11.9. The first kappa shape index (κ1) is 27.6. The van der Waals surface area contributed by atoms with Crippen molar-refractivity contribution >= 4 is 23.4 Å². The van der Waals surface area contributed by atoms with Crippen LogP contribution in [0.25, 0.3) is 0 Å². The predicted molar refractivity (Wildman–Crippen MR) is 145 cm³/mol. The fourth-order valence-electron chi connectivity index (χ4n) is 3.85. The second-order valence-electron chi connectivity index (χ2n) is 8.96. The minimum atomic E-state index is -0.827. The lowest BCUT2D eigenvalue weighted by Crippen LogP contribution is -2.05. The molecule has 2 N–H and O–H groups in total. The van der Waals surface area contributed by atoms with E-state index < -0.39 is 5.97 Å². The van der Waals surface area contributed by atoms with Gasteiger partial charge in [0.1, 0.15) is 11.6 Å². The van der Waals surface area contributed by atoms with Gasteiger partial charge in [-0.05, 0) is 54.4 Å². The number of aliphatic carboxylic acids is 1. The molecule has 0 amide bonds. The number of ether oxygens (including phenoxy) is 1. The highest BCUT2D eigenvalue weighted by Crippen LogP contribution is 2.32. The summed E-state index contributed by atoms with van der Waals surface area (Å²) in [5.41, 5.74) is 2.78. The lowest BCUT2D eigenvalue weighted by molar-refractivity contribution is -0.136. The molecule has 0 aliphatic rings. The standard InChI is InChI=1S/C28H38N4O3S/c1-4-6-7-8-9-10-26-30-31-28(32(26)3)36-24-16-13-22(25(19-24)35-17-5-2)20-29-23-14-11-21(12-15-23)18-27(33)34/h11-16,19,29H,4-10,17-18,20H2,1-3H3,(H,33,34). The summed E-state index contributed by atoms with van der Waals surface area (Å²) in [6.07, 6.45) is 8.14. The summed E-state index contributed by atoms with van der Waals surface area (Å²) in [6, 6.07) is 13.7. The van der Waals surface area contributed by atoms with Crippen LogP contribution in [-0.4, -0.2) is 32.4 Å². The highest BCUT2D eigenvalue weighted by Gasteiger charge is 2.13. The molecule has 0 bridgehead atoms. The van der Waals surface area contributed by atoms with Crippen molar-refractivity contribution in [3.63, 3.8) is 0 Å². The maximum absolute atomic E-state index is 10.9. The molecule has 3 aromatic rings.